The quantitative estimate of drug-likeness (QED) is 0.736. The van der Waals surface area contributed by atoms with Crippen LogP contribution in [0.5, 0.6) is 0 Å². The fourth-order valence-corrected chi connectivity index (χ4v) is 3.36. The van der Waals surface area contributed by atoms with Crippen molar-refractivity contribution in [2.45, 2.75) is 25.0 Å². The summed E-state index contributed by atoms with van der Waals surface area (Å²) in [5.41, 5.74) is 2.35. The summed E-state index contributed by atoms with van der Waals surface area (Å²) in [6, 6.07) is 5.05. The van der Waals surface area contributed by atoms with Crippen LogP contribution in [0.4, 0.5) is 4.39 Å². The summed E-state index contributed by atoms with van der Waals surface area (Å²) >= 11 is 0. The van der Waals surface area contributed by atoms with Crippen molar-refractivity contribution >= 4 is 0 Å². The number of benzene rings is 1. The lowest BCUT2D eigenvalue weighted by atomic mass is 9.82. The molecule has 2 aliphatic rings. The van der Waals surface area contributed by atoms with Crippen LogP contribution in [-0.4, -0.2) is 16.2 Å². The van der Waals surface area contributed by atoms with Crippen LogP contribution in [0.1, 0.15) is 28.8 Å². The molecule has 4 nitrogen and oxygen atoms in total. The van der Waals surface area contributed by atoms with Crippen LogP contribution in [0.25, 0.3) is 0 Å². The molecule has 3 heterocycles. The highest BCUT2D eigenvalue weighted by Crippen LogP contribution is 2.46. The average Bonchev–Trinajstić information content (AvgIpc) is 3.03. The fraction of sp³-hybridized carbons (Fsp3) is 0.333. The minimum absolute atomic E-state index is 0.0755. The molecule has 5 heteroatoms. The minimum Gasteiger partial charge on any atom is -0.364 e. The van der Waals surface area contributed by atoms with Gasteiger partial charge in [-0.25, -0.2) is 9.37 Å². The Morgan fingerprint density at radius 2 is 2.35 bits per heavy atom. The lowest BCUT2D eigenvalue weighted by Gasteiger charge is -2.35. The molecule has 0 amide bonds. The van der Waals surface area contributed by atoms with E-state index >= 15 is 0 Å². The minimum atomic E-state index is -0.566. The van der Waals surface area contributed by atoms with Gasteiger partial charge in [0.25, 0.3) is 0 Å². The summed E-state index contributed by atoms with van der Waals surface area (Å²) in [6.45, 7) is 1.39. The average molecular weight is 269 g/mol. The van der Waals surface area contributed by atoms with E-state index in [9.17, 15) is 4.39 Å². The molecule has 1 unspecified atom stereocenters. The number of aromatic nitrogens is 2. The third-order valence-electron chi connectivity index (χ3n) is 4.30. The Balaban J connectivity index is 1.98. The van der Waals surface area contributed by atoms with E-state index in [0.717, 1.165) is 29.8 Å². The second kappa shape index (κ2) is 3.90. The maximum atomic E-state index is 13.8. The third kappa shape index (κ3) is 1.34. The number of rotatable bonds is 0. The molecule has 2 aliphatic heterocycles. The fourth-order valence-electron chi connectivity index (χ4n) is 3.36. The van der Waals surface area contributed by atoms with E-state index in [-0.39, 0.29) is 5.56 Å². The predicted octanol–water partition coefficient (Wildman–Crippen LogP) is 2.11. The topological polar surface area (TPSA) is 50.8 Å². The van der Waals surface area contributed by atoms with Crippen molar-refractivity contribution in [2.24, 2.45) is 0 Å². The number of fused-ring (bicyclic) bond motifs is 4. The van der Waals surface area contributed by atoms with Crippen molar-refractivity contribution in [3.63, 3.8) is 0 Å². The molecule has 4 rings (SSSR count). The van der Waals surface area contributed by atoms with E-state index in [2.05, 4.69) is 9.55 Å². The van der Waals surface area contributed by atoms with Gasteiger partial charge in [-0.3, -0.25) is 0 Å². The molecule has 1 aromatic carbocycles. The molecule has 0 fully saturated rings. The Morgan fingerprint density at radius 3 is 3.20 bits per heavy atom. The van der Waals surface area contributed by atoms with E-state index in [1.165, 1.54) is 6.07 Å². The standard InChI is InChI=1S/C15H12FN3O/c16-13-6-10-1-4-20-15(12(10)5-11(13)7-17)2-3-19-9-18-8-14(15)19/h5-6,8-9H,1-4H2. The maximum absolute atomic E-state index is 13.8. The van der Waals surface area contributed by atoms with Crippen molar-refractivity contribution in [3.05, 3.63) is 52.9 Å². The number of hydrogen-bond donors (Lipinski definition) is 0. The van der Waals surface area contributed by atoms with Gasteiger partial charge in [0.05, 0.1) is 30.4 Å². The van der Waals surface area contributed by atoms with Gasteiger partial charge >= 0.3 is 0 Å². The first-order valence-electron chi connectivity index (χ1n) is 6.62. The highest BCUT2D eigenvalue weighted by Gasteiger charge is 2.45. The molecule has 0 saturated heterocycles. The molecule has 0 radical (unpaired) electrons. The Bertz CT molecular complexity index is 746. The molecule has 0 bridgehead atoms. The Kier molecular flexibility index (Phi) is 2.27. The summed E-state index contributed by atoms with van der Waals surface area (Å²) in [4.78, 5) is 4.17. The number of imidazole rings is 1. The van der Waals surface area contributed by atoms with E-state index in [1.807, 2.05) is 6.07 Å². The second-order valence-electron chi connectivity index (χ2n) is 5.25. The lowest BCUT2D eigenvalue weighted by Crippen LogP contribution is -2.35. The highest BCUT2D eigenvalue weighted by molar-refractivity contribution is 5.47. The maximum Gasteiger partial charge on any atom is 0.141 e. The zero-order chi connectivity index (χ0) is 13.7. The first-order valence-corrected chi connectivity index (χ1v) is 6.62. The molecule has 100 valence electrons. The number of nitriles is 1. The normalized spacial score (nSPS) is 23.4. The zero-order valence-corrected chi connectivity index (χ0v) is 10.8. The van der Waals surface area contributed by atoms with Crippen LogP contribution in [0.2, 0.25) is 0 Å². The van der Waals surface area contributed by atoms with Crippen LogP contribution in [-0.2, 0) is 23.3 Å². The van der Waals surface area contributed by atoms with E-state index in [4.69, 9.17) is 10.00 Å². The van der Waals surface area contributed by atoms with Gasteiger partial charge in [0, 0.05) is 13.0 Å². The van der Waals surface area contributed by atoms with E-state index < -0.39 is 11.4 Å². The van der Waals surface area contributed by atoms with Gasteiger partial charge in [0.1, 0.15) is 17.5 Å². The summed E-state index contributed by atoms with van der Waals surface area (Å²) in [5, 5.41) is 9.06. The number of halogens is 1. The molecule has 1 aromatic heterocycles. The molecule has 20 heavy (non-hydrogen) atoms. The Morgan fingerprint density at radius 1 is 1.45 bits per heavy atom. The molecule has 1 atom stereocenters. The Hall–Kier alpha value is -2.19. The molecule has 0 aliphatic carbocycles. The van der Waals surface area contributed by atoms with Gasteiger partial charge < -0.3 is 9.30 Å². The number of nitrogens with zero attached hydrogens (tertiary/aromatic N) is 3. The SMILES string of the molecule is N#Cc1cc2c(cc1F)CCOC21CCn2cncc21. The molecule has 0 N–H and O–H groups in total. The van der Waals surface area contributed by atoms with Crippen LogP contribution in [0.15, 0.2) is 24.7 Å². The third-order valence-corrected chi connectivity index (χ3v) is 4.30. The van der Waals surface area contributed by atoms with Gasteiger partial charge in [0.2, 0.25) is 0 Å². The van der Waals surface area contributed by atoms with Gasteiger partial charge in [-0.15, -0.1) is 0 Å². The van der Waals surface area contributed by atoms with Gasteiger partial charge in [-0.05, 0) is 29.7 Å². The highest BCUT2D eigenvalue weighted by atomic mass is 19.1. The summed E-state index contributed by atoms with van der Waals surface area (Å²) < 4.78 is 22.0. The van der Waals surface area contributed by atoms with Crippen molar-refractivity contribution in [1.82, 2.24) is 9.55 Å². The van der Waals surface area contributed by atoms with Gasteiger partial charge in [0.15, 0.2) is 0 Å². The van der Waals surface area contributed by atoms with Crippen LogP contribution >= 0.6 is 0 Å². The number of hydrogen-bond acceptors (Lipinski definition) is 3. The first kappa shape index (κ1) is 11.6. The molecule has 0 saturated carbocycles. The number of aryl methyl sites for hydroxylation is 1. The predicted molar refractivity (Wildman–Crippen MR) is 68.4 cm³/mol. The molecular weight excluding hydrogens is 257 g/mol. The lowest BCUT2D eigenvalue weighted by molar-refractivity contribution is -0.0274. The smallest absolute Gasteiger partial charge is 0.141 e. The molecular formula is C15H12FN3O. The summed E-state index contributed by atoms with van der Waals surface area (Å²) in [7, 11) is 0. The van der Waals surface area contributed by atoms with E-state index in [0.29, 0.717) is 13.0 Å². The first-order chi connectivity index (χ1) is 9.74. The largest absolute Gasteiger partial charge is 0.364 e. The monoisotopic (exact) mass is 269 g/mol. The number of ether oxygens (including phenoxy) is 1. The van der Waals surface area contributed by atoms with Crippen LogP contribution < -0.4 is 0 Å². The van der Waals surface area contributed by atoms with Gasteiger partial charge in [-0.2, -0.15) is 5.26 Å². The molecule has 2 aromatic rings. The summed E-state index contributed by atoms with van der Waals surface area (Å²) in [6.07, 6.45) is 5.07. The van der Waals surface area contributed by atoms with Crippen LogP contribution in [0, 0.1) is 17.1 Å². The summed E-state index contributed by atoms with van der Waals surface area (Å²) in [5.74, 6) is -0.449. The zero-order valence-electron chi connectivity index (χ0n) is 10.8. The van der Waals surface area contributed by atoms with Crippen molar-refractivity contribution in [1.29, 1.82) is 5.26 Å². The van der Waals surface area contributed by atoms with Crippen LogP contribution in [0.3, 0.4) is 0 Å². The molecule has 1 spiro atoms. The van der Waals surface area contributed by atoms with Crippen molar-refractivity contribution in [3.8, 4) is 6.07 Å². The second-order valence-corrected chi connectivity index (χ2v) is 5.25. The van der Waals surface area contributed by atoms with Crippen molar-refractivity contribution in [2.75, 3.05) is 6.61 Å². The Labute approximate surface area is 115 Å². The van der Waals surface area contributed by atoms with Crippen molar-refractivity contribution < 1.29 is 9.13 Å². The van der Waals surface area contributed by atoms with Gasteiger partial charge in [-0.1, -0.05) is 0 Å². The van der Waals surface area contributed by atoms with E-state index in [1.54, 1.807) is 18.6 Å².